The Kier molecular flexibility index (Phi) is 6.80. The molecule has 166 valence electrons. The van der Waals surface area contributed by atoms with E-state index in [1.165, 1.54) is 11.3 Å². The number of para-hydroxylation sites is 1. The molecule has 0 radical (unpaired) electrons. The van der Waals surface area contributed by atoms with Crippen LogP contribution in [0.25, 0.3) is 11.8 Å². The van der Waals surface area contributed by atoms with Crippen LogP contribution in [0.15, 0.2) is 84.1 Å². The Morgan fingerprint density at radius 2 is 1.91 bits per heavy atom. The number of imidazole rings is 1. The molecule has 0 fully saturated rings. The van der Waals surface area contributed by atoms with Crippen molar-refractivity contribution in [2.45, 2.75) is 20.4 Å². The molecule has 0 aliphatic heterocycles. The van der Waals surface area contributed by atoms with Crippen LogP contribution in [-0.2, 0) is 11.3 Å². The lowest BCUT2D eigenvalue weighted by atomic mass is 10.1. The van der Waals surface area contributed by atoms with Gasteiger partial charge in [0.15, 0.2) is 0 Å². The van der Waals surface area contributed by atoms with Gasteiger partial charge in [0.1, 0.15) is 11.5 Å². The quantitative estimate of drug-likeness (QED) is 0.398. The van der Waals surface area contributed by atoms with Crippen molar-refractivity contribution in [2.24, 2.45) is 0 Å². The number of nitrogens with zero attached hydrogens (tertiary/aromatic N) is 2. The fourth-order valence-corrected chi connectivity index (χ4v) is 4.11. The Morgan fingerprint density at radius 1 is 1.06 bits per heavy atom. The molecule has 2 heterocycles. The van der Waals surface area contributed by atoms with E-state index in [1.54, 1.807) is 24.4 Å². The third-order valence-electron chi connectivity index (χ3n) is 5.12. The summed E-state index contributed by atoms with van der Waals surface area (Å²) in [7, 11) is 0. The van der Waals surface area contributed by atoms with E-state index in [4.69, 9.17) is 0 Å². The molecule has 4 aromatic rings. The van der Waals surface area contributed by atoms with Gasteiger partial charge < -0.3 is 15.2 Å². The molecule has 0 spiro atoms. The maximum Gasteiger partial charge on any atom is 0.268 e. The van der Waals surface area contributed by atoms with Crippen molar-refractivity contribution >= 4 is 29.2 Å². The molecule has 2 N–H and O–H groups in total. The number of benzene rings is 2. The van der Waals surface area contributed by atoms with Crippen LogP contribution in [0.5, 0.6) is 0 Å². The number of rotatable bonds is 7. The Bertz CT molecular complexity index is 1310. The number of hydrogen-bond acceptors (Lipinski definition) is 4. The summed E-state index contributed by atoms with van der Waals surface area (Å²) in [6, 6.07) is 18.9. The SMILES string of the molecule is Cc1cccc(C(=O)N/C(=C\c2cccs2)C(=O)NCc2ccccc2-n2ccnc2C)c1. The van der Waals surface area contributed by atoms with Gasteiger partial charge in [0.2, 0.25) is 0 Å². The molecular weight excluding hydrogens is 432 g/mol. The van der Waals surface area contributed by atoms with Crippen LogP contribution < -0.4 is 10.6 Å². The molecule has 6 nitrogen and oxygen atoms in total. The maximum atomic E-state index is 13.1. The minimum Gasteiger partial charge on any atom is -0.347 e. The summed E-state index contributed by atoms with van der Waals surface area (Å²) in [6.07, 6.45) is 5.33. The molecule has 4 rings (SSSR count). The Balaban J connectivity index is 1.55. The Labute approximate surface area is 196 Å². The van der Waals surface area contributed by atoms with E-state index in [0.717, 1.165) is 27.5 Å². The lowest BCUT2D eigenvalue weighted by molar-refractivity contribution is -0.117. The lowest BCUT2D eigenvalue weighted by Crippen LogP contribution is -2.34. The van der Waals surface area contributed by atoms with Gasteiger partial charge in [0.25, 0.3) is 11.8 Å². The molecule has 0 saturated heterocycles. The van der Waals surface area contributed by atoms with E-state index in [1.807, 2.05) is 78.5 Å². The van der Waals surface area contributed by atoms with Gasteiger partial charge in [-0.25, -0.2) is 4.98 Å². The van der Waals surface area contributed by atoms with Crippen LogP contribution >= 0.6 is 11.3 Å². The fraction of sp³-hybridized carbons (Fsp3) is 0.115. The van der Waals surface area contributed by atoms with Gasteiger partial charge in [-0.1, -0.05) is 42.0 Å². The second kappa shape index (κ2) is 10.1. The molecule has 0 aliphatic rings. The largest absolute Gasteiger partial charge is 0.347 e. The van der Waals surface area contributed by atoms with E-state index in [9.17, 15) is 9.59 Å². The molecule has 7 heteroatoms. The number of aryl methyl sites for hydroxylation is 2. The zero-order valence-electron chi connectivity index (χ0n) is 18.4. The average Bonchev–Trinajstić information content (AvgIpc) is 3.49. The normalized spacial score (nSPS) is 11.3. The van der Waals surface area contributed by atoms with Crippen LogP contribution in [-0.4, -0.2) is 21.4 Å². The number of thiophene rings is 1. The Hall–Kier alpha value is -3.97. The van der Waals surface area contributed by atoms with E-state index in [-0.39, 0.29) is 17.5 Å². The van der Waals surface area contributed by atoms with Crippen LogP contribution in [0, 0.1) is 13.8 Å². The molecular formula is C26H24N4O2S. The monoisotopic (exact) mass is 456 g/mol. The number of carbonyl (C=O) groups excluding carboxylic acids is 2. The van der Waals surface area contributed by atoms with E-state index in [2.05, 4.69) is 15.6 Å². The first-order valence-electron chi connectivity index (χ1n) is 10.5. The number of aromatic nitrogens is 2. The molecule has 0 unspecified atom stereocenters. The van der Waals surface area contributed by atoms with Crippen molar-refractivity contribution in [3.05, 3.63) is 112 Å². The van der Waals surface area contributed by atoms with Crippen LogP contribution in [0.2, 0.25) is 0 Å². The minimum atomic E-state index is -0.360. The third kappa shape index (κ3) is 5.45. The van der Waals surface area contributed by atoms with Crippen LogP contribution in [0.4, 0.5) is 0 Å². The lowest BCUT2D eigenvalue weighted by Gasteiger charge is -2.14. The number of nitrogens with one attached hydrogen (secondary N) is 2. The van der Waals surface area contributed by atoms with Gasteiger partial charge >= 0.3 is 0 Å². The van der Waals surface area contributed by atoms with E-state index >= 15 is 0 Å². The van der Waals surface area contributed by atoms with Gasteiger partial charge in [0.05, 0.1) is 5.69 Å². The van der Waals surface area contributed by atoms with E-state index in [0.29, 0.717) is 12.1 Å². The highest BCUT2D eigenvalue weighted by molar-refractivity contribution is 7.10. The van der Waals surface area contributed by atoms with Gasteiger partial charge in [-0.2, -0.15) is 0 Å². The highest BCUT2D eigenvalue weighted by Gasteiger charge is 2.16. The van der Waals surface area contributed by atoms with E-state index < -0.39 is 0 Å². The molecule has 2 amide bonds. The average molecular weight is 457 g/mol. The van der Waals surface area contributed by atoms with Crippen LogP contribution in [0.1, 0.15) is 32.2 Å². The molecule has 2 aromatic heterocycles. The van der Waals surface area contributed by atoms with Gasteiger partial charge in [0, 0.05) is 29.4 Å². The Morgan fingerprint density at radius 3 is 2.64 bits per heavy atom. The molecule has 2 aromatic carbocycles. The number of hydrogen-bond donors (Lipinski definition) is 2. The number of amides is 2. The summed E-state index contributed by atoms with van der Waals surface area (Å²) < 4.78 is 1.98. The highest BCUT2D eigenvalue weighted by Crippen LogP contribution is 2.17. The second-order valence-electron chi connectivity index (χ2n) is 7.55. The summed E-state index contributed by atoms with van der Waals surface area (Å²) in [5.74, 6) is 0.171. The second-order valence-corrected chi connectivity index (χ2v) is 8.53. The third-order valence-corrected chi connectivity index (χ3v) is 5.94. The summed E-state index contributed by atoms with van der Waals surface area (Å²) in [5, 5.41) is 7.66. The van der Waals surface area contributed by atoms with Crippen LogP contribution in [0.3, 0.4) is 0 Å². The smallest absolute Gasteiger partial charge is 0.268 e. The van der Waals surface area contributed by atoms with Crippen molar-refractivity contribution in [3.8, 4) is 5.69 Å². The minimum absolute atomic E-state index is 0.195. The molecule has 0 saturated carbocycles. The zero-order chi connectivity index (χ0) is 23.2. The predicted molar refractivity (Wildman–Crippen MR) is 131 cm³/mol. The van der Waals surface area contributed by atoms with Crippen molar-refractivity contribution in [3.63, 3.8) is 0 Å². The summed E-state index contributed by atoms with van der Waals surface area (Å²) in [4.78, 5) is 31.1. The molecule has 0 atom stereocenters. The summed E-state index contributed by atoms with van der Waals surface area (Å²) in [5.41, 5.74) is 3.55. The topological polar surface area (TPSA) is 76.0 Å². The standard InChI is InChI=1S/C26H24N4O2S/c1-18-7-5-9-20(15-18)25(31)29-23(16-22-10-6-14-33-22)26(32)28-17-21-8-3-4-11-24(21)30-13-12-27-19(30)2/h3-16H,17H2,1-2H3,(H,28,32)(H,29,31)/b23-16-. The summed E-state index contributed by atoms with van der Waals surface area (Å²) in [6.45, 7) is 4.15. The van der Waals surface area contributed by atoms with Crippen molar-refractivity contribution in [1.29, 1.82) is 0 Å². The van der Waals surface area contributed by atoms with Gasteiger partial charge in [-0.15, -0.1) is 11.3 Å². The van der Waals surface area contributed by atoms with Crippen molar-refractivity contribution in [2.75, 3.05) is 0 Å². The maximum absolute atomic E-state index is 13.1. The fourth-order valence-electron chi connectivity index (χ4n) is 3.45. The van der Waals surface area contributed by atoms with Gasteiger partial charge in [-0.05, 0) is 55.1 Å². The first-order valence-corrected chi connectivity index (χ1v) is 11.4. The molecule has 33 heavy (non-hydrogen) atoms. The molecule has 0 bridgehead atoms. The van der Waals surface area contributed by atoms with Crippen molar-refractivity contribution < 1.29 is 9.59 Å². The molecule has 0 aliphatic carbocycles. The first-order chi connectivity index (χ1) is 16.0. The summed E-state index contributed by atoms with van der Waals surface area (Å²) >= 11 is 1.49. The predicted octanol–water partition coefficient (Wildman–Crippen LogP) is 4.64. The highest BCUT2D eigenvalue weighted by atomic mass is 32.1. The van der Waals surface area contributed by atoms with Crippen molar-refractivity contribution in [1.82, 2.24) is 20.2 Å². The van der Waals surface area contributed by atoms with Gasteiger partial charge in [-0.3, -0.25) is 9.59 Å². The zero-order valence-corrected chi connectivity index (χ0v) is 19.2. The number of carbonyl (C=O) groups is 2. The first kappa shape index (κ1) is 22.2.